The van der Waals surface area contributed by atoms with Gasteiger partial charge in [-0.25, -0.2) is 0 Å². The predicted octanol–water partition coefficient (Wildman–Crippen LogP) is -0.595. The number of amides is 1. The summed E-state index contributed by atoms with van der Waals surface area (Å²) in [5.41, 5.74) is 0. The van der Waals surface area contributed by atoms with E-state index in [0.717, 1.165) is 13.2 Å². The molecule has 1 aliphatic rings. The van der Waals surface area contributed by atoms with Gasteiger partial charge >= 0.3 is 0 Å². The third kappa shape index (κ3) is 1.95. The second-order valence-corrected chi connectivity index (χ2v) is 3.30. The van der Waals surface area contributed by atoms with Crippen molar-refractivity contribution in [2.24, 2.45) is 0 Å². The molecule has 1 atom stereocenters. The van der Waals surface area contributed by atoms with Crippen LogP contribution in [-0.2, 0) is 9.53 Å². The van der Waals surface area contributed by atoms with Gasteiger partial charge in [0.05, 0.1) is 13.2 Å². The van der Waals surface area contributed by atoms with E-state index in [2.05, 4.69) is 0 Å². The van der Waals surface area contributed by atoms with Crippen LogP contribution in [-0.4, -0.2) is 62.7 Å². The Kier molecular flexibility index (Phi) is 3.05. The van der Waals surface area contributed by atoms with Gasteiger partial charge in [-0.05, 0) is 7.05 Å². The summed E-state index contributed by atoms with van der Waals surface area (Å²) in [4.78, 5) is 15.2. The first-order valence-corrected chi connectivity index (χ1v) is 4.12. The molecular weight excluding hydrogens is 156 g/mol. The molecule has 1 aliphatic heterocycles. The molecule has 4 heteroatoms. The van der Waals surface area contributed by atoms with Gasteiger partial charge in [-0.1, -0.05) is 0 Å². The largest absolute Gasteiger partial charge is 0.378 e. The Hall–Kier alpha value is -0.610. The first kappa shape index (κ1) is 9.48. The minimum absolute atomic E-state index is 0.0891. The van der Waals surface area contributed by atoms with Crippen LogP contribution in [0.5, 0.6) is 0 Å². The van der Waals surface area contributed by atoms with E-state index in [1.807, 2.05) is 11.9 Å². The fourth-order valence-electron chi connectivity index (χ4n) is 1.24. The maximum absolute atomic E-state index is 11.5. The summed E-state index contributed by atoms with van der Waals surface area (Å²) in [7, 11) is 5.49. The Morgan fingerprint density at radius 3 is 2.75 bits per heavy atom. The van der Waals surface area contributed by atoms with E-state index in [9.17, 15) is 4.79 Å². The van der Waals surface area contributed by atoms with Crippen LogP contribution in [0.1, 0.15) is 0 Å². The summed E-state index contributed by atoms with van der Waals surface area (Å²) < 4.78 is 5.23. The average Bonchev–Trinajstić information content (AvgIpc) is 2.04. The highest BCUT2D eigenvalue weighted by molar-refractivity contribution is 5.81. The molecule has 0 aromatic rings. The number of ether oxygens (including phenoxy) is 1. The van der Waals surface area contributed by atoms with E-state index in [0.29, 0.717) is 6.61 Å². The summed E-state index contributed by atoms with van der Waals surface area (Å²) in [6.45, 7) is 2.09. The van der Waals surface area contributed by atoms with Gasteiger partial charge in [-0.2, -0.15) is 0 Å². The van der Waals surface area contributed by atoms with E-state index in [1.54, 1.807) is 19.0 Å². The van der Waals surface area contributed by atoms with Crippen molar-refractivity contribution in [1.29, 1.82) is 0 Å². The molecule has 12 heavy (non-hydrogen) atoms. The Morgan fingerprint density at radius 1 is 1.58 bits per heavy atom. The molecule has 0 spiro atoms. The van der Waals surface area contributed by atoms with E-state index in [-0.39, 0.29) is 11.9 Å². The average molecular weight is 172 g/mol. The SMILES string of the molecule is CN(C)C(=O)C1COCCN1C. The molecule has 1 amide bonds. The lowest BCUT2D eigenvalue weighted by molar-refractivity contribution is -0.139. The minimum Gasteiger partial charge on any atom is -0.378 e. The molecule has 0 aromatic heterocycles. The van der Waals surface area contributed by atoms with E-state index < -0.39 is 0 Å². The highest BCUT2D eigenvalue weighted by Gasteiger charge is 2.27. The molecule has 0 aliphatic carbocycles. The molecule has 0 saturated carbocycles. The van der Waals surface area contributed by atoms with Crippen molar-refractivity contribution in [2.45, 2.75) is 6.04 Å². The Balaban J connectivity index is 2.53. The first-order chi connectivity index (χ1) is 5.63. The Morgan fingerprint density at radius 2 is 2.25 bits per heavy atom. The topological polar surface area (TPSA) is 32.8 Å². The number of rotatable bonds is 1. The maximum atomic E-state index is 11.5. The molecule has 70 valence electrons. The number of likely N-dealkylation sites (N-methyl/N-ethyl adjacent to an activating group) is 2. The third-order valence-electron chi connectivity index (χ3n) is 2.12. The summed E-state index contributed by atoms with van der Waals surface area (Å²) in [5, 5.41) is 0. The lowest BCUT2D eigenvalue weighted by atomic mass is 10.2. The molecule has 1 fully saturated rings. The molecule has 1 saturated heterocycles. The van der Waals surface area contributed by atoms with Crippen molar-refractivity contribution in [3.63, 3.8) is 0 Å². The minimum atomic E-state index is -0.0891. The molecule has 1 unspecified atom stereocenters. The van der Waals surface area contributed by atoms with E-state index in [1.165, 1.54) is 0 Å². The number of hydrogen-bond donors (Lipinski definition) is 0. The third-order valence-corrected chi connectivity index (χ3v) is 2.12. The van der Waals surface area contributed by atoms with Crippen LogP contribution >= 0.6 is 0 Å². The molecule has 0 bridgehead atoms. The van der Waals surface area contributed by atoms with Gasteiger partial charge in [-0.3, -0.25) is 9.69 Å². The molecule has 0 aromatic carbocycles. The van der Waals surface area contributed by atoms with Gasteiger partial charge in [-0.15, -0.1) is 0 Å². The van der Waals surface area contributed by atoms with Crippen molar-refractivity contribution in [1.82, 2.24) is 9.80 Å². The van der Waals surface area contributed by atoms with Crippen LogP contribution in [0.15, 0.2) is 0 Å². The predicted molar refractivity (Wildman–Crippen MR) is 45.9 cm³/mol. The maximum Gasteiger partial charge on any atom is 0.241 e. The van der Waals surface area contributed by atoms with Crippen LogP contribution in [0.25, 0.3) is 0 Å². The quantitative estimate of drug-likeness (QED) is 0.530. The second-order valence-electron chi connectivity index (χ2n) is 3.30. The Labute approximate surface area is 73.1 Å². The molecule has 1 rings (SSSR count). The number of hydrogen-bond acceptors (Lipinski definition) is 3. The molecule has 1 heterocycles. The fraction of sp³-hybridized carbons (Fsp3) is 0.875. The zero-order chi connectivity index (χ0) is 9.14. The highest BCUT2D eigenvalue weighted by atomic mass is 16.5. The van der Waals surface area contributed by atoms with Crippen LogP contribution in [0.3, 0.4) is 0 Å². The second kappa shape index (κ2) is 3.87. The molecular formula is C8H16N2O2. The standard InChI is InChI=1S/C8H16N2O2/c1-9(2)8(11)7-6-12-5-4-10(7)3/h7H,4-6H2,1-3H3. The monoisotopic (exact) mass is 172 g/mol. The summed E-state index contributed by atoms with van der Waals surface area (Å²) >= 11 is 0. The smallest absolute Gasteiger partial charge is 0.241 e. The summed E-state index contributed by atoms with van der Waals surface area (Å²) in [5.74, 6) is 0.122. The van der Waals surface area contributed by atoms with Gasteiger partial charge in [0, 0.05) is 20.6 Å². The van der Waals surface area contributed by atoms with E-state index >= 15 is 0 Å². The van der Waals surface area contributed by atoms with Gasteiger partial charge in [0.15, 0.2) is 0 Å². The van der Waals surface area contributed by atoms with Crippen LogP contribution in [0.2, 0.25) is 0 Å². The van der Waals surface area contributed by atoms with Gasteiger partial charge in [0.25, 0.3) is 0 Å². The molecule has 0 radical (unpaired) electrons. The number of nitrogens with zero attached hydrogens (tertiary/aromatic N) is 2. The summed E-state index contributed by atoms with van der Waals surface area (Å²) in [6, 6.07) is -0.0891. The van der Waals surface area contributed by atoms with Gasteiger partial charge in [0.2, 0.25) is 5.91 Å². The first-order valence-electron chi connectivity index (χ1n) is 4.12. The van der Waals surface area contributed by atoms with Crippen LogP contribution < -0.4 is 0 Å². The van der Waals surface area contributed by atoms with Crippen molar-refractivity contribution in [3.8, 4) is 0 Å². The van der Waals surface area contributed by atoms with Crippen molar-refractivity contribution in [2.75, 3.05) is 40.9 Å². The lowest BCUT2D eigenvalue weighted by Crippen LogP contribution is -2.51. The van der Waals surface area contributed by atoms with E-state index in [4.69, 9.17) is 4.74 Å². The Bertz CT molecular complexity index is 170. The normalized spacial score (nSPS) is 25.4. The zero-order valence-corrected chi connectivity index (χ0v) is 7.91. The van der Waals surface area contributed by atoms with Crippen LogP contribution in [0, 0.1) is 0 Å². The molecule has 4 nitrogen and oxygen atoms in total. The van der Waals surface area contributed by atoms with Gasteiger partial charge < -0.3 is 9.64 Å². The molecule has 0 N–H and O–H groups in total. The summed E-state index contributed by atoms with van der Waals surface area (Å²) in [6.07, 6.45) is 0. The number of carbonyl (C=O) groups excluding carboxylic acids is 1. The number of carbonyl (C=O) groups is 1. The lowest BCUT2D eigenvalue weighted by Gasteiger charge is -2.32. The highest BCUT2D eigenvalue weighted by Crippen LogP contribution is 2.05. The fourth-order valence-corrected chi connectivity index (χ4v) is 1.24. The van der Waals surface area contributed by atoms with Crippen molar-refractivity contribution < 1.29 is 9.53 Å². The van der Waals surface area contributed by atoms with Crippen molar-refractivity contribution >= 4 is 5.91 Å². The zero-order valence-electron chi connectivity index (χ0n) is 7.91. The van der Waals surface area contributed by atoms with Crippen molar-refractivity contribution in [3.05, 3.63) is 0 Å². The van der Waals surface area contributed by atoms with Gasteiger partial charge in [0.1, 0.15) is 6.04 Å². The number of morpholine rings is 1. The van der Waals surface area contributed by atoms with Crippen LogP contribution in [0.4, 0.5) is 0 Å².